The predicted molar refractivity (Wildman–Crippen MR) is 154 cm³/mol. The molecule has 0 saturated carbocycles. The standard InChI is InChI=1S/C34H24N2O/c1-37-30-17-9-16-29-33(30)36-34(35-29)24-20-18-23(19-21-24)32-27-14-7-5-12-25(27)31(22-10-3-2-4-11-22)26-13-6-8-15-28(26)32/h2-21H,1H3,(H,35,36). The van der Waals surface area contributed by atoms with E-state index < -0.39 is 0 Å². The largest absolute Gasteiger partial charge is 0.494 e. The van der Waals surface area contributed by atoms with Crippen LogP contribution in [0.15, 0.2) is 121 Å². The van der Waals surface area contributed by atoms with Crippen molar-refractivity contribution >= 4 is 32.6 Å². The number of rotatable bonds is 4. The van der Waals surface area contributed by atoms with E-state index in [9.17, 15) is 0 Å². The Morgan fingerprint density at radius 2 is 1.03 bits per heavy atom. The summed E-state index contributed by atoms with van der Waals surface area (Å²) in [6, 6.07) is 42.8. The highest BCUT2D eigenvalue weighted by atomic mass is 16.5. The molecule has 0 saturated heterocycles. The number of aromatic nitrogens is 2. The van der Waals surface area contributed by atoms with E-state index in [-0.39, 0.29) is 0 Å². The lowest BCUT2D eigenvalue weighted by molar-refractivity contribution is 0.419. The molecule has 0 aliphatic heterocycles. The monoisotopic (exact) mass is 476 g/mol. The van der Waals surface area contributed by atoms with Crippen molar-refractivity contribution in [2.24, 2.45) is 0 Å². The van der Waals surface area contributed by atoms with Crippen molar-refractivity contribution in [1.82, 2.24) is 9.97 Å². The molecule has 0 aliphatic carbocycles. The van der Waals surface area contributed by atoms with Crippen molar-refractivity contribution in [3.05, 3.63) is 121 Å². The maximum Gasteiger partial charge on any atom is 0.144 e. The van der Waals surface area contributed by atoms with Gasteiger partial charge in [-0.25, -0.2) is 4.98 Å². The molecule has 7 rings (SSSR count). The Balaban J connectivity index is 1.43. The molecule has 7 aromatic rings. The summed E-state index contributed by atoms with van der Waals surface area (Å²) in [7, 11) is 1.68. The van der Waals surface area contributed by atoms with Gasteiger partial charge in [-0.1, -0.05) is 109 Å². The van der Waals surface area contributed by atoms with E-state index in [2.05, 4.69) is 108 Å². The lowest BCUT2D eigenvalue weighted by Gasteiger charge is -2.17. The number of imidazole rings is 1. The van der Waals surface area contributed by atoms with E-state index in [1.54, 1.807) is 7.11 Å². The second kappa shape index (κ2) is 8.65. The van der Waals surface area contributed by atoms with Gasteiger partial charge in [-0.05, 0) is 55.9 Å². The summed E-state index contributed by atoms with van der Waals surface area (Å²) in [5.74, 6) is 1.63. The number of H-pyrrole nitrogens is 1. The summed E-state index contributed by atoms with van der Waals surface area (Å²) in [5, 5.41) is 5.02. The molecule has 1 heterocycles. The fourth-order valence-corrected chi connectivity index (χ4v) is 5.46. The number of nitrogens with one attached hydrogen (secondary N) is 1. The number of aromatic amines is 1. The molecule has 0 spiro atoms. The van der Waals surface area contributed by atoms with Crippen LogP contribution in [0.5, 0.6) is 5.75 Å². The van der Waals surface area contributed by atoms with Gasteiger partial charge in [0, 0.05) is 5.56 Å². The first-order valence-electron chi connectivity index (χ1n) is 12.4. The van der Waals surface area contributed by atoms with Gasteiger partial charge in [-0.2, -0.15) is 0 Å². The third-order valence-corrected chi connectivity index (χ3v) is 7.14. The van der Waals surface area contributed by atoms with E-state index in [0.29, 0.717) is 0 Å². The number of para-hydroxylation sites is 1. The zero-order chi connectivity index (χ0) is 24.8. The SMILES string of the molecule is COc1cccc2nc(-c3ccc(-c4c5ccccc5c(-c5ccccc5)c5ccccc45)cc3)[nH]c12. The normalized spacial score (nSPS) is 11.4. The first-order chi connectivity index (χ1) is 18.3. The number of ether oxygens (including phenoxy) is 1. The molecule has 176 valence electrons. The third-order valence-electron chi connectivity index (χ3n) is 7.14. The second-order valence-electron chi connectivity index (χ2n) is 9.22. The molecule has 0 atom stereocenters. The van der Waals surface area contributed by atoms with Crippen LogP contribution in [0.4, 0.5) is 0 Å². The summed E-state index contributed by atoms with van der Waals surface area (Å²) in [6.07, 6.45) is 0. The molecule has 6 aromatic carbocycles. The van der Waals surface area contributed by atoms with Crippen LogP contribution < -0.4 is 4.74 Å². The molecule has 37 heavy (non-hydrogen) atoms. The summed E-state index contributed by atoms with van der Waals surface area (Å²) in [5.41, 5.74) is 7.80. The molecule has 0 unspecified atom stereocenters. The predicted octanol–water partition coefficient (Wildman–Crippen LogP) is 8.88. The Hall–Kier alpha value is -4.89. The zero-order valence-corrected chi connectivity index (χ0v) is 20.4. The van der Waals surface area contributed by atoms with Crippen molar-refractivity contribution in [3.8, 4) is 39.4 Å². The van der Waals surface area contributed by atoms with Crippen molar-refractivity contribution in [1.29, 1.82) is 0 Å². The fourth-order valence-electron chi connectivity index (χ4n) is 5.46. The van der Waals surface area contributed by atoms with Gasteiger partial charge in [0.2, 0.25) is 0 Å². The van der Waals surface area contributed by atoms with Crippen molar-refractivity contribution < 1.29 is 4.74 Å². The van der Waals surface area contributed by atoms with Gasteiger partial charge in [0.25, 0.3) is 0 Å². The Morgan fingerprint density at radius 1 is 0.514 bits per heavy atom. The molecule has 0 fully saturated rings. The molecule has 3 heteroatoms. The van der Waals surface area contributed by atoms with Crippen LogP contribution in [0.1, 0.15) is 0 Å². The van der Waals surface area contributed by atoms with Gasteiger partial charge in [-0.3, -0.25) is 0 Å². The molecule has 0 bridgehead atoms. The summed E-state index contributed by atoms with van der Waals surface area (Å²) in [4.78, 5) is 8.24. The van der Waals surface area contributed by atoms with E-state index >= 15 is 0 Å². The summed E-state index contributed by atoms with van der Waals surface area (Å²) in [6.45, 7) is 0. The van der Waals surface area contributed by atoms with Crippen LogP contribution in [-0.2, 0) is 0 Å². The van der Waals surface area contributed by atoms with Crippen LogP contribution in [0.2, 0.25) is 0 Å². The number of benzene rings is 6. The van der Waals surface area contributed by atoms with Gasteiger partial charge in [-0.15, -0.1) is 0 Å². The summed E-state index contributed by atoms with van der Waals surface area (Å²) < 4.78 is 5.51. The molecule has 0 aliphatic rings. The molecule has 1 N–H and O–H groups in total. The minimum absolute atomic E-state index is 0.796. The minimum atomic E-state index is 0.796. The van der Waals surface area contributed by atoms with Crippen LogP contribution in [0.25, 0.3) is 66.2 Å². The van der Waals surface area contributed by atoms with E-state index in [4.69, 9.17) is 9.72 Å². The third kappa shape index (κ3) is 3.47. The number of nitrogens with zero attached hydrogens (tertiary/aromatic N) is 1. The van der Waals surface area contributed by atoms with E-state index in [1.165, 1.54) is 43.8 Å². The maximum atomic E-state index is 5.51. The van der Waals surface area contributed by atoms with Gasteiger partial charge in [0.15, 0.2) is 0 Å². The molecular formula is C34H24N2O. The number of methoxy groups -OCH3 is 1. The van der Waals surface area contributed by atoms with Gasteiger partial charge in [0.1, 0.15) is 17.1 Å². The summed E-state index contributed by atoms with van der Waals surface area (Å²) >= 11 is 0. The smallest absolute Gasteiger partial charge is 0.144 e. The van der Waals surface area contributed by atoms with Gasteiger partial charge < -0.3 is 9.72 Å². The molecule has 0 amide bonds. The average Bonchev–Trinajstić information content (AvgIpc) is 3.41. The lowest BCUT2D eigenvalue weighted by Crippen LogP contribution is -1.91. The zero-order valence-electron chi connectivity index (χ0n) is 20.4. The van der Waals surface area contributed by atoms with Crippen LogP contribution in [0, 0.1) is 0 Å². The average molecular weight is 477 g/mol. The lowest BCUT2D eigenvalue weighted by atomic mass is 9.86. The molecule has 3 nitrogen and oxygen atoms in total. The molecular weight excluding hydrogens is 452 g/mol. The second-order valence-corrected chi connectivity index (χ2v) is 9.22. The van der Waals surface area contributed by atoms with Crippen LogP contribution in [-0.4, -0.2) is 17.1 Å². The topological polar surface area (TPSA) is 37.9 Å². The highest BCUT2D eigenvalue weighted by Crippen LogP contribution is 2.43. The minimum Gasteiger partial charge on any atom is -0.494 e. The molecule has 1 aromatic heterocycles. The van der Waals surface area contributed by atoms with Crippen LogP contribution >= 0.6 is 0 Å². The number of fused-ring (bicyclic) bond motifs is 3. The van der Waals surface area contributed by atoms with Crippen molar-refractivity contribution in [2.75, 3.05) is 7.11 Å². The Kier molecular flexibility index (Phi) is 5.00. The van der Waals surface area contributed by atoms with Crippen LogP contribution in [0.3, 0.4) is 0 Å². The van der Waals surface area contributed by atoms with E-state index in [0.717, 1.165) is 28.2 Å². The number of hydrogen-bond acceptors (Lipinski definition) is 2. The Morgan fingerprint density at radius 3 is 1.59 bits per heavy atom. The highest BCUT2D eigenvalue weighted by molar-refractivity contribution is 6.21. The van der Waals surface area contributed by atoms with Crippen molar-refractivity contribution in [2.45, 2.75) is 0 Å². The Labute approximate surface area is 215 Å². The first-order valence-corrected chi connectivity index (χ1v) is 12.4. The quantitative estimate of drug-likeness (QED) is 0.258. The maximum absolute atomic E-state index is 5.51. The Bertz CT molecular complexity index is 1840. The number of hydrogen-bond donors (Lipinski definition) is 1. The fraction of sp³-hybridized carbons (Fsp3) is 0.0294. The van der Waals surface area contributed by atoms with Gasteiger partial charge in [0.05, 0.1) is 12.6 Å². The van der Waals surface area contributed by atoms with E-state index in [1.807, 2.05) is 18.2 Å². The highest BCUT2D eigenvalue weighted by Gasteiger charge is 2.16. The van der Waals surface area contributed by atoms with Crippen molar-refractivity contribution in [3.63, 3.8) is 0 Å². The molecule has 0 radical (unpaired) electrons. The first kappa shape index (κ1) is 21.4. The van der Waals surface area contributed by atoms with Gasteiger partial charge >= 0.3 is 0 Å².